The van der Waals surface area contributed by atoms with Crippen molar-refractivity contribution in [2.24, 2.45) is 5.73 Å². The average molecular weight is 223 g/mol. The molecule has 0 aromatic heterocycles. The number of nitrogens with two attached hydrogens (primary N) is 1. The van der Waals surface area contributed by atoms with Gasteiger partial charge in [0.25, 0.3) is 0 Å². The van der Waals surface area contributed by atoms with Crippen LogP contribution >= 0.6 is 11.8 Å². The van der Waals surface area contributed by atoms with E-state index in [1.807, 2.05) is 11.8 Å². The molecule has 2 N–H and O–H groups in total. The fraction of sp³-hybridized carbons (Fsp3) is 0.538. The smallest absolute Gasteiger partial charge is 0.0101 e. The quantitative estimate of drug-likeness (QED) is 0.774. The van der Waals surface area contributed by atoms with Gasteiger partial charge in [-0.2, -0.15) is 0 Å². The van der Waals surface area contributed by atoms with Gasteiger partial charge < -0.3 is 5.73 Å². The van der Waals surface area contributed by atoms with E-state index in [0.29, 0.717) is 6.04 Å². The second kappa shape index (κ2) is 6.19. The second-order valence-corrected chi connectivity index (χ2v) is 5.21. The lowest BCUT2D eigenvalue weighted by molar-refractivity contribution is 0.646. The van der Waals surface area contributed by atoms with Crippen LogP contribution in [0.2, 0.25) is 0 Å². The van der Waals surface area contributed by atoms with E-state index >= 15 is 0 Å². The molecule has 1 atom stereocenters. The Bertz CT molecular complexity index is 309. The molecule has 0 radical (unpaired) electrons. The average Bonchev–Trinajstić information content (AvgIpc) is 2.22. The zero-order valence-corrected chi connectivity index (χ0v) is 10.7. The van der Waals surface area contributed by atoms with Crippen molar-refractivity contribution in [2.45, 2.75) is 44.6 Å². The van der Waals surface area contributed by atoms with E-state index in [1.54, 1.807) is 0 Å². The van der Waals surface area contributed by atoms with Gasteiger partial charge in [0.15, 0.2) is 0 Å². The number of hydrogen-bond acceptors (Lipinski definition) is 2. The van der Waals surface area contributed by atoms with Crippen LogP contribution in [0, 0.1) is 6.92 Å². The second-order valence-electron chi connectivity index (χ2n) is 3.91. The van der Waals surface area contributed by atoms with Gasteiger partial charge in [-0.25, -0.2) is 0 Å². The molecule has 1 rings (SSSR count). The van der Waals surface area contributed by atoms with Gasteiger partial charge in [0.2, 0.25) is 0 Å². The lowest BCUT2D eigenvalue weighted by atomic mass is 10.0. The van der Waals surface area contributed by atoms with E-state index in [0.717, 1.165) is 18.6 Å². The van der Waals surface area contributed by atoms with Crippen molar-refractivity contribution in [1.82, 2.24) is 0 Å². The van der Waals surface area contributed by atoms with Crippen molar-refractivity contribution in [2.75, 3.05) is 5.75 Å². The SMILES string of the molecule is CCSc1ccc(CC(N)CC)cc1C. The number of thioether (sulfide) groups is 1. The first kappa shape index (κ1) is 12.6. The summed E-state index contributed by atoms with van der Waals surface area (Å²) >= 11 is 1.90. The Balaban J connectivity index is 2.73. The molecule has 1 nitrogen and oxygen atoms in total. The van der Waals surface area contributed by atoms with E-state index in [2.05, 4.69) is 39.0 Å². The molecule has 0 aliphatic rings. The largest absolute Gasteiger partial charge is 0.327 e. The molecule has 1 aromatic carbocycles. The summed E-state index contributed by atoms with van der Waals surface area (Å²) in [6.45, 7) is 6.50. The molecule has 0 saturated carbocycles. The Hall–Kier alpha value is -0.470. The minimum Gasteiger partial charge on any atom is -0.327 e. The maximum atomic E-state index is 5.95. The topological polar surface area (TPSA) is 26.0 Å². The number of benzene rings is 1. The van der Waals surface area contributed by atoms with Gasteiger partial charge in [-0.05, 0) is 42.7 Å². The van der Waals surface area contributed by atoms with E-state index in [1.165, 1.54) is 16.0 Å². The number of hydrogen-bond donors (Lipinski definition) is 1. The summed E-state index contributed by atoms with van der Waals surface area (Å²) in [6.07, 6.45) is 2.04. The van der Waals surface area contributed by atoms with Gasteiger partial charge >= 0.3 is 0 Å². The predicted molar refractivity (Wildman–Crippen MR) is 69.5 cm³/mol. The first-order chi connectivity index (χ1) is 7.17. The standard InChI is InChI=1S/C13H21NS/c1-4-12(14)9-11-6-7-13(15-5-2)10(3)8-11/h6-8,12H,4-5,9,14H2,1-3H3. The van der Waals surface area contributed by atoms with Crippen molar-refractivity contribution in [3.63, 3.8) is 0 Å². The molecule has 1 aromatic rings. The van der Waals surface area contributed by atoms with Gasteiger partial charge in [0.1, 0.15) is 0 Å². The monoisotopic (exact) mass is 223 g/mol. The van der Waals surface area contributed by atoms with Gasteiger partial charge in [0.05, 0.1) is 0 Å². The van der Waals surface area contributed by atoms with E-state index < -0.39 is 0 Å². The van der Waals surface area contributed by atoms with Crippen LogP contribution in [0.5, 0.6) is 0 Å². The summed E-state index contributed by atoms with van der Waals surface area (Å²) in [4.78, 5) is 1.39. The molecule has 0 saturated heterocycles. The molecular weight excluding hydrogens is 202 g/mol. The summed E-state index contributed by atoms with van der Waals surface area (Å²) in [6, 6.07) is 7.00. The molecule has 2 heteroatoms. The van der Waals surface area contributed by atoms with Crippen LogP contribution < -0.4 is 5.73 Å². The zero-order valence-electron chi connectivity index (χ0n) is 9.92. The molecule has 0 aliphatic carbocycles. The van der Waals surface area contributed by atoms with Crippen LogP contribution in [-0.4, -0.2) is 11.8 Å². The van der Waals surface area contributed by atoms with Crippen LogP contribution in [0.25, 0.3) is 0 Å². The highest BCUT2D eigenvalue weighted by atomic mass is 32.2. The highest BCUT2D eigenvalue weighted by Crippen LogP contribution is 2.23. The summed E-state index contributed by atoms with van der Waals surface area (Å²) in [5.41, 5.74) is 8.69. The molecule has 15 heavy (non-hydrogen) atoms. The third-order valence-electron chi connectivity index (χ3n) is 2.56. The first-order valence-corrected chi connectivity index (χ1v) is 6.63. The van der Waals surface area contributed by atoms with Gasteiger partial charge in [-0.15, -0.1) is 11.8 Å². The minimum atomic E-state index is 0.300. The Kier molecular flexibility index (Phi) is 5.20. The first-order valence-electron chi connectivity index (χ1n) is 5.65. The Labute approximate surface area is 97.4 Å². The summed E-state index contributed by atoms with van der Waals surface area (Å²) in [5.74, 6) is 1.13. The lowest BCUT2D eigenvalue weighted by Gasteiger charge is -2.11. The fourth-order valence-electron chi connectivity index (χ4n) is 1.60. The van der Waals surface area contributed by atoms with Gasteiger partial charge in [-0.1, -0.05) is 26.0 Å². The Morgan fingerprint density at radius 1 is 1.33 bits per heavy atom. The van der Waals surface area contributed by atoms with Crippen LogP contribution in [0.1, 0.15) is 31.4 Å². The van der Waals surface area contributed by atoms with E-state index in [-0.39, 0.29) is 0 Å². The van der Waals surface area contributed by atoms with E-state index in [9.17, 15) is 0 Å². The fourth-order valence-corrected chi connectivity index (χ4v) is 2.36. The minimum absolute atomic E-state index is 0.300. The molecule has 0 bridgehead atoms. The predicted octanol–water partition coefficient (Wildman–Crippen LogP) is 3.39. The molecule has 0 fully saturated rings. The van der Waals surface area contributed by atoms with Crippen molar-refractivity contribution in [3.05, 3.63) is 29.3 Å². The maximum Gasteiger partial charge on any atom is 0.0101 e. The zero-order chi connectivity index (χ0) is 11.3. The third kappa shape index (κ3) is 3.88. The lowest BCUT2D eigenvalue weighted by Crippen LogP contribution is -2.21. The van der Waals surface area contributed by atoms with Crippen molar-refractivity contribution >= 4 is 11.8 Å². The summed E-state index contributed by atoms with van der Waals surface area (Å²) in [7, 11) is 0. The Morgan fingerprint density at radius 3 is 2.60 bits per heavy atom. The van der Waals surface area contributed by atoms with Gasteiger partial charge in [0, 0.05) is 10.9 Å². The summed E-state index contributed by atoms with van der Waals surface area (Å²) < 4.78 is 0. The highest BCUT2D eigenvalue weighted by molar-refractivity contribution is 7.99. The molecule has 1 unspecified atom stereocenters. The maximum absolute atomic E-state index is 5.95. The van der Waals surface area contributed by atoms with Crippen LogP contribution in [-0.2, 0) is 6.42 Å². The van der Waals surface area contributed by atoms with Crippen LogP contribution in [0.4, 0.5) is 0 Å². The molecule has 0 heterocycles. The van der Waals surface area contributed by atoms with Crippen LogP contribution in [0.3, 0.4) is 0 Å². The molecule has 0 spiro atoms. The van der Waals surface area contributed by atoms with Crippen LogP contribution in [0.15, 0.2) is 23.1 Å². The van der Waals surface area contributed by atoms with Crippen molar-refractivity contribution < 1.29 is 0 Å². The molecule has 0 aliphatic heterocycles. The van der Waals surface area contributed by atoms with Crippen molar-refractivity contribution in [3.8, 4) is 0 Å². The molecule has 0 amide bonds. The molecular formula is C13H21NS. The van der Waals surface area contributed by atoms with Crippen molar-refractivity contribution in [1.29, 1.82) is 0 Å². The third-order valence-corrected chi connectivity index (χ3v) is 3.62. The van der Waals surface area contributed by atoms with E-state index in [4.69, 9.17) is 5.73 Å². The molecule has 84 valence electrons. The van der Waals surface area contributed by atoms with Gasteiger partial charge in [-0.3, -0.25) is 0 Å². The number of aryl methyl sites for hydroxylation is 1. The highest BCUT2D eigenvalue weighted by Gasteiger charge is 2.03. The summed E-state index contributed by atoms with van der Waals surface area (Å²) in [5, 5.41) is 0. The Morgan fingerprint density at radius 2 is 2.07 bits per heavy atom. The number of rotatable bonds is 5. The normalized spacial score (nSPS) is 12.8.